The van der Waals surface area contributed by atoms with E-state index in [1.54, 1.807) is 52.0 Å². The van der Waals surface area contributed by atoms with Crippen LogP contribution in [0.2, 0.25) is 0 Å². The van der Waals surface area contributed by atoms with E-state index in [9.17, 15) is 14.9 Å². The molecule has 2 rings (SSSR count). The minimum atomic E-state index is -1.45. The van der Waals surface area contributed by atoms with Crippen LogP contribution in [-0.2, 0) is 19.1 Å². The molecule has 0 fully saturated rings. The number of allylic oxidation sites excluding steroid dienone is 1. The highest BCUT2D eigenvalue weighted by Crippen LogP contribution is 2.48. The van der Waals surface area contributed by atoms with Crippen molar-refractivity contribution in [3.8, 4) is 6.07 Å². The summed E-state index contributed by atoms with van der Waals surface area (Å²) in [6.45, 7) is 6.89. The fourth-order valence-corrected chi connectivity index (χ4v) is 3.30. The second kappa shape index (κ2) is 8.04. The minimum absolute atomic E-state index is 0.0317. The highest BCUT2D eigenvalue weighted by atomic mass is 16.5. The first kappa shape index (κ1) is 20.2. The summed E-state index contributed by atoms with van der Waals surface area (Å²) in [5, 5.41) is 9.56. The zero-order valence-electron chi connectivity index (χ0n) is 15.9. The lowest BCUT2D eigenvalue weighted by Crippen LogP contribution is -2.50. The maximum atomic E-state index is 12.9. The molecule has 1 heterocycles. The second-order valence-electron chi connectivity index (χ2n) is 6.27. The molecule has 2 atom stereocenters. The predicted molar refractivity (Wildman–Crippen MR) is 99.6 cm³/mol. The lowest BCUT2D eigenvalue weighted by atomic mass is 9.66. The zero-order valence-corrected chi connectivity index (χ0v) is 15.9. The fraction of sp³-hybridized carbons (Fsp3) is 0.400. The van der Waals surface area contributed by atoms with E-state index in [-0.39, 0.29) is 24.6 Å². The van der Waals surface area contributed by atoms with Crippen molar-refractivity contribution in [3.63, 3.8) is 0 Å². The molecule has 1 aromatic carbocycles. The highest BCUT2D eigenvalue weighted by molar-refractivity contribution is 6.10. The summed E-state index contributed by atoms with van der Waals surface area (Å²) in [6.07, 6.45) is 0. The molecule has 0 saturated carbocycles. The molecule has 27 heavy (non-hydrogen) atoms. The van der Waals surface area contributed by atoms with Gasteiger partial charge in [0.2, 0.25) is 0 Å². The van der Waals surface area contributed by atoms with Crippen molar-refractivity contribution in [2.75, 3.05) is 13.2 Å². The Kier molecular flexibility index (Phi) is 6.01. The van der Waals surface area contributed by atoms with Crippen LogP contribution in [0.5, 0.6) is 0 Å². The molecule has 0 amide bonds. The average molecular weight is 369 g/mol. The van der Waals surface area contributed by atoms with Crippen LogP contribution in [0, 0.1) is 16.7 Å². The van der Waals surface area contributed by atoms with Gasteiger partial charge in [-0.1, -0.05) is 18.2 Å². The SMILES string of the molecule is CCOC(=O)C1=C(C)N=C(N)C(C)(C(=O)OCC)C1c1ccccc1C#N. The number of carbonyl (C=O) groups excluding carboxylic acids is 2. The molecule has 7 nitrogen and oxygen atoms in total. The normalized spacial score (nSPS) is 21.9. The molecule has 2 N–H and O–H groups in total. The van der Waals surface area contributed by atoms with Crippen LogP contribution in [0.3, 0.4) is 0 Å². The smallest absolute Gasteiger partial charge is 0.336 e. The first-order chi connectivity index (χ1) is 12.8. The van der Waals surface area contributed by atoms with E-state index in [0.717, 1.165) is 0 Å². The van der Waals surface area contributed by atoms with E-state index in [1.807, 2.05) is 0 Å². The van der Waals surface area contributed by atoms with Gasteiger partial charge in [0, 0.05) is 5.92 Å². The third kappa shape index (κ3) is 3.43. The van der Waals surface area contributed by atoms with Crippen LogP contribution in [0.25, 0.3) is 0 Å². The Morgan fingerprint density at radius 2 is 1.89 bits per heavy atom. The molecule has 2 unspecified atom stereocenters. The predicted octanol–water partition coefficient (Wildman–Crippen LogP) is 2.42. The summed E-state index contributed by atoms with van der Waals surface area (Å²) < 4.78 is 10.4. The van der Waals surface area contributed by atoms with E-state index in [2.05, 4.69) is 11.1 Å². The second-order valence-corrected chi connectivity index (χ2v) is 6.27. The van der Waals surface area contributed by atoms with Crippen molar-refractivity contribution in [3.05, 3.63) is 46.7 Å². The number of carbonyl (C=O) groups is 2. The monoisotopic (exact) mass is 369 g/mol. The van der Waals surface area contributed by atoms with Crippen molar-refractivity contribution < 1.29 is 19.1 Å². The number of ether oxygens (including phenoxy) is 2. The number of nitrogens with zero attached hydrogens (tertiary/aromatic N) is 2. The van der Waals surface area contributed by atoms with Crippen LogP contribution in [0.4, 0.5) is 0 Å². The molecule has 7 heteroatoms. The van der Waals surface area contributed by atoms with E-state index in [1.165, 1.54) is 0 Å². The average Bonchev–Trinajstić information content (AvgIpc) is 2.64. The quantitative estimate of drug-likeness (QED) is 0.797. The Morgan fingerprint density at radius 3 is 2.48 bits per heavy atom. The number of hydrogen-bond acceptors (Lipinski definition) is 7. The van der Waals surface area contributed by atoms with E-state index >= 15 is 0 Å². The van der Waals surface area contributed by atoms with Crippen molar-refractivity contribution >= 4 is 17.8 Å². The van der Waals surface area contributed by atoms with Crippen molar-refractivity contribution in [2.45, 2.75) is 33.6 Å². The standard InChI is InChI=1S/C20H23N3O4/c1-5-26-17(24)15-12(3)23-18(22)20(4,19(25)27-6-2)16(15)14-10-8-7-9-13(14)11-21/h7-10,16H,5-6H2,1-4H3,(H2,22,23). The first-order valence-electron chi connectivity index (χ1n) is 8.71. The van der Waals surface area contributed by atoms with Gasteiger partial charge in [0.15, 0.2) is 0 Å². The van der Waals surface area contributed by atoms with Gasteiger partial charge in [-0.05, 0) is 39.3 Å². The fourth-order valence-electron chi connectivity index (χ4n) is 3.30. The lowest BCUT2D eigenvalue weighted by Gasteiger charge is -2.39. The molecule has 0 bridgehead atoms. The Labute approximate surface area is 158 Å². The van der Waals surface area contributed by atoms with Crippen LogP contribution in [0.15, 0.2) is 40.5 Å². The van der Waals surface area contributed by atoms with Gasteiger partial charge in [0.05, 0.1) is 36.1 Å². The molecule has 1 aromatic rings. The number of benzene rings is 1. The van der Waals surface area contributed by atoms with Crippen LogP contribution in [-0.4, -0.2) is 31.0 Å². The Balaban J connectivity index is 2.82. The summed E-state index contributed by atoms with van der Waals surface area (Å²) in [7, 11) is 0. The summed E-state index contributed by atoms with van der Waals surface area (Å²) in [4.78, 5) is 29.9. The lowest BCUT2D eigenvalue weighted by molar-refractivity contribution is -0.151. The summed E-state index contributed by atoms with van der Waals surface area (Å²) in [5.41, 5.74) is 6.10. The number of amidine groups is 1. The van der Waals surface area contributed by atoms with Gasteiger partial charge in [0.1, 0.15) is 11.3 Å². The molecular formula is C20H23N3O4. The van der Waals surface area contributed by atoms with Gasteiger partial charge in [-0.3, -0.25) is 4.79 Å². The highest BCUT2D eigenvalue weighted by Gasteiger charge is 2.53. The molecule has 1 aliphatic heterocycles. The molecule has 0 spiro atoms. The van der Waals surface area contributed by atoms with Crippen LogP contribution < -0.4 is 5.73 Å². The number of nitrogens with two attached hydrogens (primary N) is 1. The van der Waals surface area contributed by atoms with Crippen LogP contribution >= 0.6 is 0 Å². The van der Waals surface area contributed by atoms with Gasteiger partial charge in [-0.25, -0.2) is 9.79 Å². The Bertz CT molecular complexity index is 866. The van der Waals surface area contributed by atoms with Crippen molar-refractivity contribution in [1.29, 1.82) is 5.26 Å². The van der Waals surface area contributed by atoms with E-state index in [4.69, 9.17) is 15.2 Å². The molecule has 0 radical (unpaired) electrons. The van der Waals surface area contributed by atoms with Crippen molar-refractivity contribution in [2.24, 2.45) is 16.1 Å². The van der Waals surface area contributed by atoms with Gasteiger partial charge in [0.25, 0.3) is 0 Å². The van der Waals surface area contributed by atoms with Gasteiger partial charge < -0.3 is 15.2 Å². The molecular weight excluding hydrogens is 346 g/mol. The maximum absolute atomic E-state index is 12.9. The zero-order chi connectivity index (χ0) is 20.2. The molecule has 0 aliphatic carbocycles. The van der Waals surface area contributed by atoms with Crippen LogP contribution in [0.1, 0.15) is 44.7 Å². The van der Waals surface area contributed by atoms with Crippen molar-refractivity contribution in [1.82, 2.24) is 0 Å². The third-order valence-electron chi connectivity index (χ3n) is 4.66. The molecule has 142 valence electrons. The summed E-state index contributed by atoms with van der Waals surface area (Å²) in [5.74, 6) is -2.04. The Hall–Kier alpha value is -3.14. The number of rotatable bonds is 5. The topological polar surface area (TPSA) is 115 Å². The number of nitriles is 1. The largest absolute Gasteiger partial charge is 0.465 e. The number of aliphatic imine (C=N–C) groups is 1. The van der Waals surface area contributed by atoms with E-state index in [0.29, 0.717) is 16.8 Å². The molecule has 0 saturated heterocycles. The van der Waals surface area contributed by atoms with Gasteiger partial charge >= 0.3 is 11.9 Å². The Morgan fingerprint density at radius 1 is 1.26 bits per heavy atom. The number of esters is 2. The first-order valence-corrected chi connectivity index (χ1v) is 8.71. The summed E-state index contributed by atoms with van der Waals surface area (Å²) >= 11 is 0. The minimum Gasteiger partial charge on any atom is -0.465 e. The number of hydrogen-bond donors (Lipinski definition) is 1. The summed E-state index contributed by atoms with van der Waals surface area (Å²) in [6, 6.07) is 8.89. The third-order valence-corrected chi connectivity index (χ3v) is 4.66. The molecule has 0 aromatic heterocycles. The van der Waals surface area contributed by atoms with E-state index < -0.39 is 23.3 Å². The maximum Gasteiger partial charge on any atom is 0.336 e. The van der Waals surface area contributed by atoms with Gasteiger partial charge in [-0.15, -0.1) is 0 Å². The molecule has 1 aliphatic rings. The van der Waals surface area contributed by atoms with Gasteiger partial charge in [-0.2, -0.15) is 5.26 Å².